The number of nitrogens with zero attached hydrogens (tertiary/aromatic N) is 3. The summed E-state index contributed by atoms with van der Waals surface area (Å²) in [5.74, 6) is 0. The quantitative estimate of drug-likeness (QED) is 0.584. The normalized spacial score (nSPS) is 11.0. The summed E-state index contributed by atoms with van der Waals surface area (Å²) in [5, 5.41) is 9.39. The molecule has 6 heteroatoms. The molecule has 0 aliphatic carbocycles. The molecule has 4 nitrogen and oxygen atoms in total. The van der Waals surface area contributed by atoms with Crippen LogP contribution in [0.5, 0.6) is 0 Å². The maximum atomic E-state index is 6.22. The van der Waals surface area contributed by atoms with Crippen molar-refractivity contribution in [2.75, 3.05) is 5.32 Å². The van der Waals surface area contributed by atoms with E-state index < -0.39 is 0 Å². The Labute approximate surface area is 142 Å². The van der Waals surface area contributed by atoms with E-state index in [2.05, 4.69) is 27.5 Å². The Morgan fingerprint density at radius 3 is 2.61 bits per heavy atom. The smallest absolute Gasteiger partial charge is 0.214 e. The van der Waals surface area contributed by atoms with Crippen molar-refractivity contribution in [1.29, 1.82) is 0 Å². The van der Waals surface area contributed by atoms with Gasteiger partial charge in [-0.1, -0.05) is 71.5 Å². The second-order valence-corrected chi connectivity index (χ2v) is 6.44. The van der Waals surface area contributed by atoms with Crippen LogP contribution < -0.4 is 5.32 Å². The van der Waals surface area contributed by atoms with Gasteiger partial charge in [-0.3, -0.25) is 0 Å². The topological polar surface area (TPSA) is 42.2 Å². The van der Waals surface area contributed by atoms with Gasteiger partial charge in [0.1, 0.15) is 0 Å². The van der Waals surface area contributed by atoms with Gasteiger partial charge in [0.05, 0.1) is 16.9 Å². The average molecular weight is 341 g/mol. The molecule has 2 heterocycles. The first-order valence-electron chi connectivity index (χ1n) is 7.18. The van der Waals surface area contributed by atoms with E-state index in [9.17, 15) is 0 Å². The van der Waals surface area contributed by atoms with Gasteiger partial charge in [0, 0.05) is 12.1 Å². The molecule has 0 aliphatic heterocycles. The van der Waals surface area contributed by atoms with Gasteiger partial charge in [0.15, 0.2) is 0 Å². The summed E-state index contributed by atoms with van der Waals surface area (Å²) in [6.45, 7) is 0.745. The predicted molar refractivity (Wildman–Crippen MR) is 95.1 cm³/mol. The fourth-order valence-corrected chi connectivity index (χ4v) is 3.35. The van der Waals surface area contributed by atoms with Crippen LogP contribution in [0, 0.1) is 0 Å². The minimum Gasteiger partial charge on any atom is -0.356 e. The summed E-state index contributed by atoms with van der Waals surface area (Å²) in [6.07, 6.45) is 1.90. The van der Waals surface area contributed by atoms with Gasteiger partial charge in [0.25, 0.3) is 0 Å². The highest BCUT2D eigenvalue weighted by Gasteiger charge is 2.11. The van der Waals surface area contributed by atoms with E-state index in [0.717, 1.165) is 27.9 Å². The van der Waals surface area contributed by atoms with Crippen molar-refractivity contribution in [2.24, 2.45) is 0 Å². The molecule has 0 amide bonds. The van der Waals surface area contributed by atoms with Crippen LogP contribution in [0.2, 0.25) is 5.02 Å². The summed E-state index contributed by atoms with van der Waals surface area (Å²) in [4.78, 5) is 5.46. The molecular formula is C17H13ClN4S. The first-order chi connectivity index (χ1) is 11.3. The van der Waals surface area contributed by atoms with E-state index in [1.807, 2.05) is 48.7 Å². The number of hydrogen-bond acceptors (Lipinski definition) is 4. The lowest BCUT2D eigenvalue weighted by molar-refractivity contribution is 0.962. The van der Waals surface area contributed by atoms with Crippen LogP contribution in [0.4, 0.5) is 5.13 Å². The Kier molecular flexibility index (Phi) is 3.73. The molecule has 0 spiro atoms. The van der Waals surface area contributed by atoms with Crippen LogP contribution in [0.25, 0.3) is 16.2 Å². The summed E-state index contributed by atoms with van der Waals surface area (Å²) in [7, 11) is 0. The predicted octanol–water partition coefficient (Wildman–Crippen LogP) is 4.72. The maximum Gasteiger partial charge on any atom is 0.214 e. The minimum absolute atomic E-state index is 0.695. The highest BCUT2D eigenvalue weighted by Crippen LogP contribution is 2.29. The van der Waals surface area contributed by atoms with E-state index in [-0.39, 0.29) is 0 Å². The third kappa shape index (κ3) is 2.93. The van der Waals surface area contributed by atoms with Crippen LogP contribution in [-0.2, 0) is 6.54 Å². The van der Waals surface area contributed by atoms with E-state index in [4.69, 9.17) is 11.6 Å². The molecule has 2 aromatic carbocycles. The molecular weight excluding hydrogens is 328 g/mol. The van der Waals surface area contributed by atoms with E-state index in [1.54, 1.807) is 4.52 Å². The highest BCUT2D eigenvalue weighted by atomic mass is 35.5. The number of nitrogens with one attached hydrogen (secondary N) is 1. The molecule has 0 radical (unpaired) electrons. The lowest BCUT2D eigenvalue weighted by Crippen LogP contribution is -1.99. The fourth-order valence-electron chi connectivity index (χ4n) is 2.34. The molecule has 0 saturated carbocycles. The van der Waals surface area contributed by atoms with Crippen molar-refractivity contribution < 1.29 is 0 Å². The zero-order chi connectivity index (χ0) is 15.6. The first kappa shape index (κ1) is 14.2. The number of halogens is 1. The number of aromatic nitrogens is 3. The second kappa shape index (κ2) is 6.02. The summed E-state index contributed by atoms with van der Waals surface area (Å²) in [5.41, 5.74) is 2.98. The van der Waals surface area contributed by atoms with Crippen LogP contribution in [0.1, 0.15) is 5.56 Å². The Hall–Kier alpha value is -2.37. The minimum atomic E-state index is 0.695. The van der Waals surface area contributed by atoms with Crippen molar-refractivity contribution in [3.63, 3.8) is 0 Å². The lowest BCUT2D eigenvalue weighted by Gasteiger charge is -2.01. The number of rotatable bonds is 4. The number of anilines is 1. The summed E-state index contributed by atoms with van der Waals surface area (Å²) < 4.78 is 1.79. The van der Waals surface area contributed by atoms with Crippen LogP contribution in [-0.4, -0.2) is 14.6 Å². The van der Waals surface area contributed by atoms with Crippen molar-refractivity contribution in [3.05, 3.63) is 71.4 Å². The third-order valence-corrected chi connectivity index (χ3v) is 4.69. The Bertz CT molecular complexity index is 914. The molecule has 4 aromatic rings. The van der Waals surface area contributed by atoms with Gasteiger partial charge in [-0.05, 0) is 11.6 Å². The number of imidazole rings is 1. The molecule has 2 aromatic heterocycles. The molecule has 1 N–H and O–H groups in total. The molecule has 4 rings (SSSR count). The molecule has 0 atom stereocenters. The Morgan fingerprint density at radius 2 is 1.83 bits per heavy atom. The summed E-state index contributed by atoms with van der Waals surface area (Å²) in [6, 6.07) is 17.9. The third-order valence-electron chi connectivity index (χ3n) is 3.48. The van der Waals surface area contributed by atoms with Gasteiger partial charge in [0.2, 0.25) is 10.1 Å². The maximum absolute atomic E-state index is 6.22. The van der Waals surface area contributed by atoms with E-state index >= 15 is 0 Å². The largest absolute Gasteiger partial charge is 0.356 e. The van der Waals surface area contributed by atoms with Gasteiger partial charge in [-0.15, -0.1) is 5.10 Å². The number of benzene rings is 2. The van der Waals surface area contributed by atoms with Crippen molar-refractivity contribution >= 4 is 33.0 Å². The second-order valence-electron chi connectivity index (χ2n) is 5.08. The van der Waals surface area contributed by atoms with Crippen molar-refractivity contribution in [2.45, 2.75) is 6.54 Å². The van der Waals surface area contributed by atoms with E-state index in [0.29, 0.717) is 5.02 Å². The molecule has 114 valence electrons. The Morgan fingerprint density at radius 1 is 1.04 bits per heavy atom. The van der Waals surface area contributed by atoms with Crippen LogP contribution in [0.3, 0.4) is 0 Å². The highest BCUT2D eigenvalue weighted by molar-refractivity contribution is 7.20. The van der Waals surface area contributed by atoms with Gasteiger partial charge < -0.3 is 5.32 Å². The standard InChI is InChI=1S/C17H13ClN4S/c18-14-9-5-4-8-13(14)15-11-22-17(20-15)23-16(21-22)19-10-12-6-2-1-3-7-12/h1-9,11H,10H2,(H,19,21). The molecule has 0 bridgehead atoms. The molecule has 23 heavy (non-hydrogen) atoms. The van der Waals surface area contributed by atoms with Gasteiger partial charge in [-0.2, -0.15) is 0 Å². The van der Waals surface area contributed by atoms with Crippen LogP contribution >= 0.6 is 22.9 Å². The van der Waals surface area contributed by atoms with Gasteiger partial charge in [-0.25, -0.2) is 9.50 Å². The SMILES string of the molecule is Clc1ccccc1-c1cn2nc(NCc3ccccc3)sc2n1. The zero-order valence-electron chi connectivity index (χ0n) is 12.1. The molecule has 0 saturated heterocycles. The Balaban J connectivity index is 1.56. The fraction of sp³-hybridized carbons (Fsp3) is 0.0588. The van der Waals surface area contributed by atoms with Gasteiger partial charge >= 0.3 is 0 Å². The number of hydrogen-bond donors (Lipinski definition) is 1. The number of fused-ring (bicyclic) bond motifs is 1. The van der Waals surface area contributed by atoms with E-state index in [1.165, 1.54) is 16.9 Å². The lowest BCUT2D eigenvalue weighted by atomic mass is 10.2. The zero-order valence-corrected chi connectivity index (χ0v) is 13.7. The first-order valence-corrected chi connectivity index (χ1v) is 8.38. The molecule has 0 unspecified atom stereocenters. The monoisotopic (exact) mass is 340 g/mol. The molecule has 0 aliphatic rings. The van der Waals surface area contributed by atoms with Crippen LogP contribution in [0.15, 0.2) is 60.8 Å². The summed E-state index contributed by atoms with van der Waals surface area (Å²) >= 11 is 7.75. The average Bonchev–Trinajstić information content (AvgIpc) is 3.13. The van der Waals surface area contributed by atoms with Crippen molar-refractivity contribution in [1.82, 2.24) is 14.6 Å². The van der Waals surface area contributed by atoms with Crippen molar-refractivity contribution in [3.8, 4) is 11.3 Å². The molecule has 0 fully saturated rings.